The molecule has 0 aliphatic rings. The molecule has 0 radical (unpaired) electrons. The van der Waals surface area contributed by atoms with E-state index in [2.05, 4.69) is 27.0 Å². The van der Waals surface area contributed by atoms with Crippen molar-refractivity contribution in [2.24, 2.45) is 0 Å². The number of hydrogen-bond donors (Lipinski definition) is 1. The van der Waals surface area contributed by atoms with Gasteiger partial charge in [0.15, 0.2) is 0 Å². The fourth-order valence-electron chi connectivity index (χ4n) is 1.33. The maximum atomic E-state index is 8.74. The molecular formula is C11H6BrClN2. The van der Waals surface area contributed by atoms with E-state index < -0.39 is 0 Å². The lowest BCUT2D eigenvalue weighted by molar-refractivity contribution is 1.30. The molecule has 4 heteroatoms. The molecule has 0 atom stereocenters. The van der Waals surface area contributed by atoms with E-state index in [1.807, 2.05) is 24.3 Å². The summed E-state index contributed by atoms with van der Waals surface area (Å²) >= 11 is 9.17. The van der Waals surface area contributed by atoms with Crippen LogP contribution in [0.1, 0.15) is 5.69 Å². The zero-order valence-electron chi connectivity index (χ0n) is 7.59. The van der Waals surface area contributed by atoms with Crippen LogP contribution in [0.15, 0.2) is 34.9 Å². The van der Waals surface area contributed by atoms with E-state index in [0.29, 0.717) is 10.7 Å². The van der Waals surface area contributed by atoms with Gasteiger partial charge < -0.3 is 4.98 Å². The molecule has 1 aromatic heterocycles. The van der Waals surface area contributed by atoms with Crippen LogP contribution in [0.25, 0.3) is 11.1 Å². The van der Waals surface area contributed by atoms with Gasteiger partial charge in [0.05, 0.1) is 4.60 Å². The highest BCUT2D eigenvalue weighted by atomic mass is 79.9. The van der Waals surface area contributed by atoms with Crippen molar-refractivity contribution in [3.8, 4) is 17.2 Å². The Morgan fingerprint density at radius 1 is 1.27 bits per heavy atom. The molecule has 0 fully saturated rings. The van der Waals surface area contributed by atoms with Gasteiger partial charge in [-0.15, -0.1) is 0 Å². The van der Waals surface area contributed by atoms with E-state index in [4.69, 9.17) is 16.9 Å². The molecule has 2 nitrogen and oxygen atoms in total. The average Bonchev–Trinajstić information content (AvgIpc) is 2.61. The second-order valence-corrected chi connectivity index (χ2v) is 4.26. The monoisotopic (exact) mass is 280 g/mol. The summed E-state index contributed by atoms with van der Waals surface area (Å²) in [5.74, 6) is 0. The van der Waals surface area contributed by atoms with Gasteiger partial charge in [-0.2, -0.15) is 5.26 Å². The smallest absolute Gasteiger partial charge is 0.119 e. The summed E-state index contributed by atoms with van der Waals surface area (Å²) in [6, 6.07) is 11.3. The average molecular weight is 282 g/mol. The van der Waals surface area contributed by atoms with Crippen molar-refractivity contribution in [1.29, 1.82) is 5.26 Å². The Morgan fingerprint density at radius 2 is 1.93 bits per heavy atom. The summed E-state index contributed by atoms with van der Waals surface area (Å²) in [6.45, 7) is 0. The van der Waals surface area contributed by atoms with Crippen LogP contribution in [0.5, 0.6) is 0 Å². The lowest BCUT2D eigenvalue weighted by Crippen LogP contribution is -1.74. The summed E-state index contributed by atoms with van der Waals surface area (Å²) < 4.78 is 0.807. The number of rotatable bonds is 1. The summed E-state index contributed by atoms with van der Waals surface area (Å²) in [4.78, 5) is 2.93. The fraction of sp³-hybridized carbons (Fsp3) is 0. The number of nitriles is 1. The molecule has 0 spiro atoms. The maximum absolute atomic E-state index is 8.74. The fourth-order valence-corrected chi connectivity index (χ4v) is 2.01. The van der Waals surface area contributed by atoms with Crippen LogP contribution in [0, 0.1) is 11.3 Å². The second-order valence-electron chi connectivity index (χ2n) is 3.03. The van der Waals surface area contributed by atoms with E-state index in [0.717, 1.165) is 15.7 Å². The van der Waals surface area contributed by atoms with Gasteiger partial charge in [-0.1, -0.05) is 23.7 Å². The number of H-pyrrole nitrogens is 1. The Bertz CT molecular complexity index is 523. The van der Waals surface area contributed by atoms with Gasteiger partial charge in [-0.25, -0.2) is 0 Å². The lowest BCUT2D eigenvalue weighted by Gasteiger charge is -1.98. The third kappa shape index (κ3) is 2.06. The first-order valence-corrected chi connectivity index (χ1v) is 5.42. The Hall–Kier alpha value is -1.24. The van der Waals surface area contributed by atoms with Crippen LogP contribution in [0.3, 0.4) is 0 Å². The van der Waals surface area contributed by atoms with E-state index in [1.54, 1.807) is 6.07 Å². The molecule has 0 bridgehead atoms. The first-order valence-electron chi connectivity index (χ1n) is 4.25. The van der Waals surface area contributed by atoms with Gasteiger partial charge in [0.25, 0.3) is 0 Å². The van der Waals surface area contributed by atoms with Crippen molar-refractivity contribution in [2.45, 2.75) is 0 Å². The van der Waals surface area contributed by atoms with E-state index in [-0.39, 0.29) is 0 Å². The maximum Gasteiger partial charge on any atom is 0.119 e. The molecule has 0 aliphatic heterocycles. The Kier molecular flexibility index (Phi) is 2.81. The highest BCUT2D eigenvalue weighted by Gasteiger charge is 2.07. The molecule has 0 amide bonds. The number of aromatic nitrogens is 1. The van der Waals surface area contributed by atoms with Crippen LogP contribution < -0.4 is 0 Å². The first-order chi connectivity index (χ1) is 7.20. The third-order valence-electron chi connectivity index (χ3n) is 2.05. The van der Waals surface area contributed by atoms with E-state index >= 15 is 0 Å². The van der Waals surface area contributed by atoms with Gasteiger partial charge >= 0.3 is 0 Å². The predicted octanol–water partition coefficient (Wildman–Crippen LogP) is 3.97. The van der Waals surface area contributed by atoms with Gasteiger partial charge in [0.2, 0.25) is 0 Å². The molecule has 1 heterocycles. The number of hydrogen-bond acceptors (Lipinski definition) is 1. The van der Waals surface area contributed by atoms with Crippen molar-refractivity contribution in [1.82, 2.24) is 4.98 Å². The van der Waals surface area contributed by atoms with E-state index in [9.17, 15) is 0 Å². The van der Waals surface area contributed by atoms with Gasteiger partial charge in [-0.05, 0) is 39.7 Å². The van der Waals surface area contributed by atoms with Crippen LogP contribution >= 0.6 is 27.5 Å². The van der Waals surface area contributed by atoms with Crippen molar-refractivity contribution < 1.29 is 0 Å². The van der Waals surface area contributed by atoms with E-state index in [1.165, 1.54) is 0 Å². The minimum absolute atomic E-state index is 0.534. The summed E-state index contributed by atoms with van der Waals surface area (Å²) in [5.41, 5.74) is 2.51. The SMILES string of the molecule is N#Cc1cc(-c2ccc(Cl)cc2)c(Br)[nH]1. The zero-order valence-corrected chi connectivity index (χ0v) is 9.93. The third-order valence-corrected chi connectivity index (χ3v) is 2.92. The number of nitrogens with one attached hydrogen (secondary N) is 1. The van der Waals surface area contributed by atoms with Crippen LogP contribution in [-0.4, -0.2) is 4.98 Å². The summed E-state index contributed by atoms with van der Waals surface area (Å²) in [7, 11) is 0. The molecule has 0 saturated heterocycles. The number of benzene rings is 1. The van der Waals surface area contributed by atoms with Crippen LogP contribution in [0.4, 0.5) is 0 Å². The van der Waals surface area contributed by atoms with Crippen LogP contribution in [-0.2, 0) is 0 Å². The molecule has 15 heavy (non-hydrogen) atoms. The standard InChI is InChI=1S/C11H6BrClN2/c12-11-10(5-9(6-14)15-11)7-1-3-8(13)4-2-7/h1-5,15H. The molecule has 2 rings (SSSR count). The van der Waals surface area contributed by atoms with Crippen molar-refractivity contribution in [3.05, 3.63) is 45.7 Å². The minimum atomic E-state index is 0.534. The molecule has 2 aromatic rings. The molecular weight excluding hydrogens is 275 g/mol. The second kappa shape index (κ2) is 4.09. The predicted molar refractivity (Wildman–Crippen MR) is 63.7 cm³/mol. The lowest BCUT2D eigenvalue weighted by atomic mass is 10.1. The summed E-state index contributed by atoms with van der Waals surface area (Å²) in [5, 5.41) is 9.44. The Labute approximate surface area is 101 Å². The topological polar surface area (TPSA) is 39.6 Å². The molecule has 1 N–H and O–H groups in total. The quantitative estimate of drug-likeness (QED) is 0.844. The first kappa shape index (κ1) is 10.3. The Morgan fingerprint density at radius 3 is 2.47 bits per heavy atom. The van der Waals surface area contributed by atoms with Gasteiger partial charge in [-0.3, -0.25) is 0 Å². The highest BCUT2D eigenvalue weighted by molar-refractivity contribution is 9.10. The van der Waals surface area contributed by atoms with Crippen molar-refractivity contribution in [2.75, 3.05) is 0 Å². The van der Waals surface area contributed by atoms with Crippen molar-refractivity contribution >= 4 is 27.5 Å². The van der Waals surface area contributed by atoms with Gasteiger partial charge in [0, 0.05) is 10.6 Å². The molecule has 0 saturated carbocycles. The summed E-state index contributed by atoms with van der Waals surface area (Å²) in [6.07, 6.45) is 0. The number of halogens is 2. The van der Waals surface area contributed by atoms with Gasteiger partial charge in [0.1, 0.15) is 11.8 Å². The minimum Gasteiger partial charge on any atom is -0.341 e. The van der Waals surface area contributed by atoms with Crippen LogP contribution in [0.2, 0.25) is 5.02 Å². The largest absolute Gasteiger partial charge is 0.341 e. The molecule has 0 aliphatic carbocycles. The molecule has 74 valence electrons. The normalized spacial score (nSPS) is 9.93. The number of aromatic amines is 1. The molecule has 0 unspecified atom stereocenters. The zero-order chi connectivity index (χ0) is 10.8. The van der Waals surface area contributed by atoms with Crippen molar-refractivity contribution in [3.63, 3.8) is 0 Å². The molecule has 1 aromatic carbocycles. The highest BCUT2D eigenvalue weighted by Crippen LogP contribution is 2.29. The Balaban J connectivity index is 2.50. The number of nitrogens with zero attached hydrogens (tertiary/aromatic N) is 1.